The predicted molar refractivity (Wildman–Crippen MR) is 117 cm³/mol. The maximum atomic E-state index is 13.0. The number of guanidine groups is 1. The van der Waals surface area contributed by atoms with Crippen LogP contribution >= 0.6 is 24.0 Å². The maximum Gasteiger partial charge on any atom is 0.246 e. The monoisotopic (exact) mass is 501 g/mol. The smallest absolute Gasteiger partial charge is 0.246 e. The molecule has 1 heterocycles. The highest BCUT2D eigenvalue weighted by Crippen LogP contribution is 2.16. The van der Waals surface area contributed by atoms with E-state index < -0.39 is 0 Å². The molecule has 150 valence electrons. The van der Waals surface area contributed by atoms with Crippen LogP contribution in [0.3, 0.4) is 0 Å². The minimum Gasteiger partial charge on any atom is -0.370 e. The van der Waals surface area contributed by atoms with Gasteiger partial charge in [-0.25, -0.2) is 13.8 Å². The molecule has 0 atom stereocenters. The third kappa shape index (κ3) is 6.04. The molecule has 9 heteroatoms. The van der Waals surface area contributed by atoms with E-state index in [2.05, 4.69) is 15.2 Å². The zero-order chi connectivity index (χ0) is 19.2. The van der Waals surface area contributed by atoms with Gasteiger partial charge in [0.15, 0.2) is 5.96 Å². The van der Waals surface area contributed by atoms with E-state index in [4.69, 9.17) is 5.73 Å². The fraction of sp³-hybridized carbons (Fsp3) is 0.263. The van der Waals surface area contributed by atoms with Crippen molar-refractivity contribution in [1.82, 2.24) is 4.90 Å². The van der Waals surface area contributed by atoms with Crippen LogP contribution in [0.5, 0.6) is 0 Å². The molecule has 0 aliphatic carbocycles. The van der Waals surface area contributed by atoms with Gasteiger partial charge in [0, 0.05) is 37.6 Å². The van der Waals surface area contributed by atoms with Crippen molar-refractivity contribution in [3.63, 3.8) is 0 Å². The molecule has 0 aromatic heterocycles. The van der Waals surface area contributed by atoms with Crippen LogP contribution in [0.4, 0.5) is 20.2 Å². The number of aliphatic imine (C=N–C) groups is 1. The van der Waals surface area contributed by atoms with Gasteiger partial charge in [-0.15, -0.1) is 24.0 Å². The van der Waals surface area contributed by atoms with Crippen LogP contribution in [0.1, 0.15) is 0 Å². The third-order valence-corrected chi connectivity index (χ3v) is 4.31. The van der Waals surface area contributed by atoms with E-state index in [9.17, 15) is 13.6 Å². The normalized spacial score (nSPS) is 14.4. The van der Waals surface area contributed by atoms with Crippen LogP contribution in [0, 0.1) is 11.6 Å². The molecule has 3 rings (SSSR count). The second-order valence-electron chi connectivity index (χ2n) is 6.18. The Bertz CT molecular complexity index is 806. The van der Waals surface area contributed by atoms with Gasteiger partial charge in [0.2, 0.25) is 5.91 Å². The van der Waals surface area contributed by atoms with E-state index in [1.54, 1.807) is 12.1 Å². The molecule has 1 aliphatic heterocycles. The maximum absolute atomic E-state index is 13.0. The molecule has 1 saturated heterocycles. The highest BCUT2D eigenvalue weighted by molar-refractivity contribution is 14.0. The second-order valence-corrected chi connectivity index (χ2v) is 6.18. The Kier molecular flexibility index (Phi) is 7.97. The number of piperazine rings is 1. The number of carbonyl (C=O) groups excluding carboxylic acids is 1. The molecule has 0 radical (unpaired) electrons. The lowest BCUT2D eigenvalue weighted by Gasteiger charge is -2.36. The van der Waals surface area contributed by atoms with Gasteiger partial charge in [-0.3, -0.25) is 4.79 Å². The Hall–Kier alpha value is -2.43. The number of amides is 1. The summed E-state index contributed by atoms with van der Waals surface area (Å²) in [6, 6.07) is 11.9. The summed E-state index contributed by atoms with van der Waals surface area (Å²) in [5, 5.41) is 2.63. The predicted octanol–water partition coefficient (Wildman–Crippen LogP) is 2.66. The van der Waals surface area contributed by atoms with Gasteiger partial charge >= 0.3 is 0 Å². The number of carbonyl (C=O) groups is 1. The van der Waals surface area contributed by atoms with Gasteiger partial charge in [-0.2, -0.15) is 0 Å². The summed E-state index contributed by atoms with van der Waals surface area (Å²) in [7, 11) is 0. The number of nitrogens with two attached hydrogens (primary N) is 1. The van der Waals surface area contributed by atoms with Crippen molar-refractivity contribution in [1.29, 1.82) is 0 Å². The molecule has 1 amide bonds. The molecule has 1 fully saturated rings. The topological polar surface area (TPSA) is 74.0 Å². The van der Waals surface area contributed by atoms with E-state index >= 15 is 0 Å². The zero-order valence-electron chi connectivity index (χ0n) is 15.1. The lowest BCUT2D eigenvalue weighted by molar-refractivity contribution is -0.114. The van der Waals surface area contributed by atoms with Crippen LogP contribution in [-0.2, 0) is 4.79 Å². The van der Waals surface area contributed by atoms with Gasteiger partial charge < -0.3 is 20.9 Å². The lowest BCUT2D eigenvalue weighted by atomic mass is 10.2. The Morgan fingerprint density at radius 1 is 0.964 bits per heavy atom. The summed E-state index contributed by atoms with van der Waals surface area (Å²) in [6.45, 7) is 2.66. The summed E-state index contributed by atoms with van der Waals surface area (Å²) in [4.78, 5) is 20.1. The van der Waals surface area contributed by atoms with Gasteiger partial charge in [-0.1, -0.05) is 0 Å². The number of hydrogen-bond donors (Lipinski definition) is 2. The average molecular weight is 501 g/mol. The molecular formula is C19H22F2IN5O. The number of rotatable bonds is 4. The molecular weight excluding hydrogens is 479 g/mol. The first-order chi connectivity index (χ1) is 13.0. The first kappa shape index (κ1) is 21.9. The summed E-state index contributed by atoms with van der Waals surface area (Å²) in [5.41, 5.74) is 7.46. The highest BCUT2D eigenvalue weighted by atomic mass is 127. The Morgan fingerprint density at radius 2 is 1.50 bits per heavy atom. The van der Waals surface area contributed by atoms with Crippen molar-refractivity contribution >= 4 is 47.2 Å². The fourth-order valence-electron chi connectivity index (χ4n) is 2.83. The summed E-state index contributed by atoms with van der Waals surface area (Å²) in [5.74, 6) is -0.639. The average Bonchev–Trinajstić information content (AvgIpc) is 2.69. The quantitative estimate of drug-likeness (QED) is 0.384. The van der Waals surface area contributed by atoms with Crippen LogP contribution in [0.2, 0.25) is 0 Å². The van der Waals surface area contributed by atoms with Gasteiger partial charge in [-0.05, 0) is 48.5 Å². The van der Waals surface area contributed by atoms with E-state index in [-0.39, 0.29) is 48.1 Å². The first-order valence-corrected chi connectivity index (χ1v) is 8.62. The molecule has 3 N–H and O–H groups in total. The van der Waals surface area contributed by atoms with E-state index in [1.165, 1.54) is 36.4 Å². The number of nitrogens with zero attached hydrogens (tertiary/aromatic N) is 3. The summed E-state index contributed by atoms with van der Waals surface area (Å²) in [6.07, 6.45) is 0. The van der Waals surface area contributed by atoms with E-state index in [0.717, 1.165) is 18.8 Å². The Balaban J connectivity index is 0.00000280. The van der Waals surface area contributed by atoms with E-state index in [1.807, 2.05) is 4.90 Å². The third-order valence-electron chi connectivity index (χ3n) is 4.31. The van der Waals surface area contributed by atoms with Crippen LogP contribution in [-0.4, -0.2) is 49.5 Å². The van der Waals surface area contributed by atoms with E-state index in [0.29, 0.717) is 24.7 Å². The molecule has 2 aromatic carbocycles. The molecule has 1 aliphatic rings. The number of benzene rings is 2. The van der Waals surface area contributed by atoms with Crippen molar-refractivity contribution < 1.29 is 13.6 Å². The number of hydrogen-bond acceptors (Lipinski definition) is 3. The van der Waals surface area contributed by atoms with Crippen LogP contribution in [0.15, 0.2) is 53.5 Å². The van der Waals surface area contributed by atoms with Crippen molar-refractivity contribution in [2.75, 3.05) is 42.9 Å². The number of nitrogens with one attached hydrogen (secondary N) is 1. The molecule has 0 saturated carbocycles. The van der Waals surface area contributed by atoms with Crippen LogP contribution < -0.4 is 16.0 Å². The summed E-state index contributed by atoms with van der Waals surface area (Å²) >= 11 is 0. The molecule has 0 spiro atoms. The van der Waals surface area contributed by atoms with Gasteiger partial charge in [0.05, 0.1) is 0 Å². The molecule has 28 heavy (non-hydrogen) atoms. The van der Waals surface area contributed by atoms with Crippen molar-refractivity contribution in [3.8, 4) is 0 Å². The zero-order valence-corrected chi connectivity index (χ0v) is 17.5. The highest BCUT2D eigenvalue weighted by Gasteiger charge is 2.18. The Labute approximate surface area is 179 Å². The van der Waals surface area contributed by atoms with Gasteiger partial charge in [0.1, 0.15) is 18.2 Å². The number of anilines is 2. The largest absolute Gasteiger partial charge is 0.370 e. The van der Waals surface area contributed by atoms with Gasteiger partial charge in [0.25, 0.3) is 0 Å². The molecule has 0 unspecified atom stereocenters. The first-order valence-electron chi connectivity index (χ1n) is 8.62. The molecule has 0 bridgehead atoms. The SMILES string of the molecule is I.NC(=NCC(=O)Nc1ccc(F)cc1)N1CCN(c2ccc(F)cc2)CC1. The lowest BCUT2D eigenvalue weighted by Crippen LogP contribution is -2.51. The Morgan fingerprint density at radius 3 is 2.07 bits per heavy atom. The summed E-state index contributed by atoms with van der Waals surface area (Å²) < 4.78 is 25.9. The van der Waals surface area contributed by atoms with Crippen molar-refractivity contribution in [2.45, 2.75) is 0 Å². The molecule has 6 nitrogen and oxygen atoms in total. The van der Waals surface area contributed by atoms with Crippen LogP contribution in [0.25, 0.3) is 0 Å². The minimum atomic E-state index is -0.366. The van der Waals surface area contributed by atoms with Crippen molar-refractivity contribution in [2.24, 2.45) is 10.7 Å². The second kappa shape index (κ2) is 10.2. The minimum absolute atomic E-state index is 0. The standard InChI is InChI=1S/C19H21F2N5O.HI/c20-14-1-5-16(6-2-14)24-18(27)13-23-19(22)26-11-9-25(10-12-26)17-7-3-15(21)4-8-17;/h1-8H,9-13H2,(H2,22,23)(H,24,27);1H. The number of halogens is 3. The fourth-order valence-corrected chi connectivity index (χ4v) is 2.83. The van der Waals surface area contributed by atoms with Crippen molar-refractivity contribution in [3.05, 3.63) is 60.2 Å². The molecule has 2 aromatic rings.